The Labute approximate surface area is 350 Å². The van der Waals surface area contributed by atoms with Crippen molar-refractivity contribution in [3.63, 3.8) is 0 Å². The number of dihydropyridines is 1. The number of carboxylic acid groups (broad SMARTS) is 1. The number of likely N-dealkylation sites (N-methyl/N-ethyl adjacent to an activating group) is 1. The number of aromatic nitrogens is 2. The lowest BCUT2D eigenvalue weighted by Crippen LogP contribution is -2.66. The van der Waals surface area contributed by atoms with E-state index in [0.29, 0.717) is 42.8 Å². The second kappa shape index (κ2) is 14.6. The third kappa shape index (κ3) is 6.21. The first-order chi connectivity index (χ1) is 27.0. The van der Waals surface area contributed by atoms with Crippen LogP contribution in [0.2, 0.25) is 0 Å². The number of rotatable bonds is 10. The highest BCUT2D eigenvalue weighted by atomic mass is 35.5. The van der Waals surface area contributed by atoms with Crippen LogP contribution in [0, 0.1) is 57.7 Å². The van der Waals surface area contributed by atoms with Gasteiger partial charge in [0.25, 0.3) is 5.56 Å². The minimum atomic E-state index is -1.18. The number of Topliss-reactive ketones (excluding diaryl/α,β-unsaturated/α-hetero) is 1. The van der Waals surface area contributed by atoms with Crippen molar-refractivity contribution in [2.24, 2.45) is 55.7 Å². The zero-order chi connectivity index (χ0) is 42.5. The SMILES string of the molecule is CNCCn1c([C@@]23CC[C@]4(C)[C@H](CCC5[C@@]6(C)CC[C@H](OC(=O)CC(C)(C)C(=O)O)C(C)(C)C6CC[C@]54C)C2=C(C(C)C)C(=O)C3)c(C)c(=O)n1C1CC=C(Cl)C=N1. The third-order valence-corrected chi connectivity index (χ3v) is 17.7. The van der Waals surface area contributed by atoms with Gasteiger partial charge in [-0.05, 0) is 130 Å². The summed E-state index contributed by atoms with van der Waals surface area (Å²) in [6.45, 7) is 22.9. The lowest BCUT2D eigenvalue weighted by molar-refractivity contribution is -0.232. The quantitative estimate of drug-likeness (QED) is 0.226. The molecule has 58 heavy (non-hydrogen) atoms. The number of aliphatic imine (C=N–C) groups is 1. The molecule has 7 rings (SSSR count). The lowest BCUT2D eigenvalue weighted by atomic mass is 9.33. The number of fused-ring (bicyclic) bond motifs is 7. The average Bonchev–Trinajstić information content (AvgIpc) is 3.58. The topological polar surface area (TPSA) is 132 Å². The Kier molecular flexibility index (Phi) is 10.8. The Balaban J connectivity index is 1.27. The van der Waals surface area contributed by atoms with Gasteiger partial charge < -0.3 is 15.2 Å². The molecule has 0 amide bonds. The second-order valence-electron chi connectivity index (χ2n) is 21.4. The molecule has 0 saturated heterocycles. The summed E-state index contributed by atoms with van der Waals surface area (Å²) in [6, 6.07) is 0. The lowest BCUT2D eigenvalue weighted by Gasteiger charge is -2.72. The number of hydrogen-bond acceptors (Lipinski definition) is 7. The van der Waals surface area contributed by atoms with Crippen LogP contribution >= 0.6 is 11.6 Å². The molecule has 1 aromatic heterocycles. The first-order valence-corrected chi connectivity index (χ1v) is 22.5. The molecule has 6 aliphatic rings. The molecule has 4 fully saturated rings. The van der Waals surface area contributed by atoms with Gasteiger partial charge in [0.05, 0.1) is 29.1 Å². The predicted molar refractivity (Wildman–Crippen MR) is 228 cm³/mol. The van der Waals surface area contributed by atoms with Crippen LogP contribution in [0.25, 0.3) is 0 Å². The molecule has 3 unspecified atom stereocenters. The highest BCUT2D eigenvalue weighted by Crippen LogP contribution is 2.77. The molecule has 11 heteroatoms. The van der Waals surface area contributed by atoms with Crippen LogP contribution < -0.4 is 10.9 Å². The average molecular weight is 822 g/mol. The van der Waals surface area contributed by atoms with Crippen LogP contribution in [-0.2, 0) is 31.1 Å². The number of carboxylic acids is 1. The van der Waals surface area contributed by atoms with Crippen LogP contribution in [0.1, 0.15) is 150 Å². The van der Waals surface area contributed by atoms with E-state index in [-0.39, 0.29) is 57.4 Å². The van der Waals surface area contributed by atoms with Crippen molar-refractivity contribution in [2.45, 2.75) is 164 Å². The van der Waals surface area contributed by atoms with Crippen molar-refractivity contribution >= 4 is 35.5 Å². The van der Waals surface area contributed by atoms with E-state index < -0.39 is 28.9 Å². The van der Waals surface area contributed by atoms with E-state index in [4.69, 9.17) is 21.3 Å². The number of carbonyl (C=O) groups excluding carboxylic acids is 2. The van der Waals surface area contributed by atoms with Gasteiger partial charge in [0.2, 0.25) is 0 Å². The number of nitrogens with one attached hydrogen (secondary N) is 1. The minimum Gasteiger partial charge on any atom is -0.481 e. The number of halogens is 1. The van der Waals surface area contributed by atoms with Crippen molar-refractivity contribution < 1.29 is 24.2 Å². The molecule has 1 aliphatic heterocycles. The summed E-state index contributed by atoms with van der Waals surface area (Å²) in [4.78, 5) is 58.9. The zero-order valence-corrected chi connectivity index (χ0v) is 37.8. The van der Waals surface area contributed by atoms with Gasteiger partial charge in [0, 0.05) is 42.0 Å². The van der Waals surface area contributed by atoms with Crippen LogP contribution in [0.5, 0.6) is 0 Å². The number of esters is 1. The number of carbonyl (C=O) groups is 3. The number of ketones is 1. The number of aliphatic carboxylic acids is 1. The van der Waals surface area contributed by atoms with Gasteiger partial charge in [-0.25, -0.2) is 4.68 Å². The first-order valence-electron chi connectivity index (χ1n) is 22.1. The number of hydrogen-bond donors (Lipinski definition) is 2. The van der Waals surface area contributed by atoms with Crippen molar-refractivity contribution in [2.75, 3.05) is 13.6 Å². The van der Waals surface area contributed by atoms with E-state index in [9.17, 15) is 24.3 Å². The van der Waals surface area contributed by atoms with Crippen LogP contribution in [0.15, 0.2) is 32.0 Å². The van der Waals surface area contributed by atoms with Gasteiger partial charge in [0.15, 0.2) is 5.78 Å². The summed E-state index contributed by atoms with van der Waals surface area (Å²) in [6.07, 6.45) is 11.4. The van der Waals surface area contributed by atoms with E-state index in [1.54, 1.807) is 20.1 Å². The summed E-state index contributed by atoms with van der Waals surface area (Å²) in [5.41, 5.74) is 1.98. The molecular weight excluding hydrogens is 752 g/mol. The maximum absolute atomic E-state index is 14.6. The van der Waals surface area contributed by atoms with Gasteiger partial charge in [-0.2, -0.15) is 0 Å². The summed E-state index contributed by atoms with van der Waals surface area (Å²) in [5.74, 6) is -0.111. The Morgan fingerprint density at radius 2 is 1.72 bits per heavy atom. The van der Waals surface area contributed by atoms with E-state index >= 15 is 0 Å². The molecule has 9 atom stereocenters. The Morgan fingerprint density at radius 3 is 2.34 bits per heavy atom. The molecule has 0 radical (unpaired) electrons. The number of nitrogens with zero attached hydrogens (tertiary/aromatic N) is 3. The van der Waals surface area contributed by atoms with Crippen LogP contribution in [0.4, 0.5) is 0 Å². The van der Waals surface area contributed by atoms with Crippen molar-refractivity contribution in [3.05, 3.63) is 43.9 Å². The van der Waals surface area contributed by atoms with Crippen LogP contribution in [-0.4, -0.2) is 58.1 Å². The molecule has 0 bridgehead atoms. The largest absolute Gasteiger partial charge is 0.481 e. The Bertz CT molecular complexity index is 2040. The molecule has 0 spiro atoms. The smallest absolute Gasteiger partial charge is 0.309 e. The van der Waals surface area contributed by atoms with E-state index in [1.165, 1.54) is 5.57 Å². The summed E-state index contributed by atoms with van der Waals surface area (Å²) in [7, 11) is 1.93. The molecule has 4 saturated carbocycles. The molecule has 2 heterocycles. The van der Waals surface area contributed by atoms with Crippen molar-refractivity contribution in [1.82, 2.24) is 14.7 Å². The van der Waals surface area contributed by atoms with Gasteiger partial charge in [-0.1, -0.05) is 66.1 Å². The second-order valence-corrected chi connectivity index (χ2v) is 21.9. The fourth-order valence-electron chi connectivity index (χ4n) is 14.4. The maximum atomic E-state index is 14.6. The zero-order valence-electron chi connectivity index (χ0n) is 37.0. The molecule has 5 aliphatic carbocycles. The van der Waals surface area contributed by atoms with Gasteiger partial charge in [-0.3, -0.25) is 28.9 Å². The van der Waals surface area contributed by atoms with Crippen molar-refractivity contribution in [1.29, 1.82) is 0 Å². The first kappa shape index (κ1) is 43.1. The Morgan fingerprint density at radius 1 is 1.02 bits per heavy atom. The standard InChI is InChI=1S/C47H69ClN4O6/c1-27(2)37-31(53)24-47(39-28(3)40(55)52(51(39)23-22-49-11)35-15-12-29(48)26-50-35)21-20-45(9)30(38(37)47)13-14-33-44(8)18-17-34(58-36(54)25-42(4,5)41(56)57)43(6,7)32(44)16-19-46(33,45)10/h12,26-27,30,32-35,49H,13-25H2,1-11H3,(H,56,57)/t30-,32?,33?,34+,35?,44+,45-,46-,47-/m1/s1. The molecule has 320 valence electrons. The monoisotopic (exact) mass is 820 g/mol. The number of allylic oxidation sites excluding steroid dienone is 3. The fraction of sp³-hybridized carbons (Fsp3) is 0.766. The highest BCUT2D eigenvalue weighted by molar-refractivity contribution is 6.39. The predicted octanol–water partition coefficient (Wildman–Crippen LogP) is 8.92. The summed E-state index contributed by atoms with van der Waals surface area (Å²) in [5, 5.41) is 13.6. The number of ether oxygens (including phenoxy) is 1. The molecule has 10 nitrogen and oxygen atoms in total. The van der Waals surface area contributed by atoms with E-state index in [2.05, 4.69) is 58.5 Å². The van der Waals surface area contributed by atoms with Crippen molar-refractivity contribution in [3.8, 4) is 0 Å². The van der Waals surface area contributed by atoms with Gasteiger partial charge >= 0.3 is 11.9 Å². The van der Waals surface area contributed by atoms with Gasteiger partial charge in [-0.15, -0.1) is 0 Å². The summed E-state index contributed by atoms with van der Waals surface area (Å²) < 4.78 is 10.2. The summed E-state index contributed by atoms with van der Waals surface area (Å²) >= 11 is 6.30. The Hall–Kier alpha value is -2.98. The molecule has 0 aromatic carbocycles. The third-order valence-electron chi connectivity index (χ3n) is 17.4. The molecule has 2 N–H and O–H groups in total. The normalized spacial score (nSPS) is 36.9. The van der Waals surface area contributed by atoms with Gasteiger partial charge in [0.1, 0.15) is 12.3 Å². The van der Waals surface area contributed by atoms with Crippen LogP contribution in [0.3, 0.4) is 0 Å². The maximum Gasteiger partial charge on any atom is 0.309 e. The minimum absolute atomic E-state index is 0.00828. The fourth-order valence-corrected chi connectivity index (χ4v) is 14.6. The highest BCUT2D eigenvalue weighted by Gasteiger charge is 2.71. The van der Waals surface area contributed by atoms with E-state index in [0.717, 1.165) is 68.2 Å². The molecule has 1 aromatic rings. The van der Waals surface area contributed by atoms with E-state index in [1.807, 2.05) is 24.7 Å². The molecular formula is C47H69ClN4O6.